The number of imidazole rings is 1. The first-order valence-corrected chi connectivity index (χ1v) is 13.2. The van der Waals surface area contributed by atoms with Gasteiger partial charge in [-0.25, -0.2) is 17.6 Å². The molecule has 0 N–H and O–H groups in total. The first-order valence-electron chi connectivity index (χ1n) is 11.1. The Morgan fingerprint density at radius 3 is 2.31 bits per heavy atom. The molecule has 1 atom stereocenters. The van der Waals surface area contributed by atoms with Gasteiger partial charge in [-0.2, -0.15) is 0 Å². The van der Waals surface area contributed by atoms with E-state index in [1.165, 1.54) is 22.3 Å². The van der Waals surface area contributed by atoms with E-state index in [1.54, 1.807) is 60.7 Å². The number of hydrogen-bond donors (Lipinski definition) is 0. The van der Waals surface area contributed by atoms with Crippen molar-refractivity contribution in [1.82, 2.24) is 9.13 Å². The Morgan fingerprint density at radius 2 is 1.66 bits per heavy atom. The molecule has 9 heteroatoms. The second-order valence-electron chi connectivity index (χ2n) is 8.27. The lowest BCUT2D eigenvalue weighted by atomic mass is 10.1. The molecule has 0 unspecified atom stereocenters. The lowest BCUT2D eigenvalue weighted by Gasteiger charge is -2.20. The molecule has 0 saturated heterocycles. The van der Waals surface area contributed by atoms with E-state index >= 15 is 0 Å². The number of ether oxygens (including phenoxy) is 2. The van der Waals surface area contributed by atoms with Crippen molar-refractivity contribution >= 4 is 20.9 Å². The minimum atomic E-state index is -3.50. The third-order valence-corrected chi connectivity index (χ3v) is 6.72. The fraction of sp³-hybridized carbons (Fsp3) is 0.269. The van der Waals surface area contributed by atoms with Crippen LogP contribution in [0.5, 0.6) is 11.5 Å². The average molecular weight is 499 g/mol. The summed E-state index contributed by atoms with van der Waals surface area (Å²) < 4.78 is 53.4. The summed E-state index contributed by atoms with van der Waals surface area (Å²) in [6.45, 7) is 2.23. The number of fused-ring (bicyclic) bond motifs is 1. The van der Waals surface area contributed by atoms with Gasteiger partial charge >= 0.3 is 5.69 Å². The van der Waals surface area contributed by atoms with Crippen LogP contribution in [0.2, 0.25) is 0 Å². The smallest absolute Gasteiger partial charge is 0.330 e. The first kappa shape index (κ1) is 24.5. The molecule has 184 valence electrons. The second kappa shape index (κ2) is 9.95. The molecule has 0 radical (unpaired) electrons. The van der Waals surface area contributed by atoms with E-state index in [0.717, 1.165) is 6.26 Å². The Labute approximate surface area is 203 Å². The largest absolute Gasteiger partial charge is 0.493 e. The van der Waals surface area contributed by atoms with Crippen LogP contribution in [0.3, 0.4) is 0 Å². The van der Waals surface area contributed by atoms with Gasteiger partial charge in [0.05, 0.1) is 43.1 Å². The van der Waals surface area contributed by atoms with Crippen LogP contribution >= 0.6 is 0 Å². The summed E-state index contributed by atoms with van der Waals surface area (Å²) in [4.78, 5) is 13.8. The number of halogens is 1. The zero-order valence-electron chi connectivity index (χ0n) is 19.8. The van der Waals surface area contributed by atoms with Gasteiger partial charge in [-0.15, -0.1) is 0 Å². The highest BCUT2D eigenvalue weighted by Gasteiger charge is 2.26. The van der Waals surface area contributed by atoms with Crippen LogP contribution in [0, 0.1) is 5.82 Å². The van der Waals surface area contributed by atoms with Crippen LogP contribution in [-0.2, 0) is 16.4 Å². The zero-order valence-corrected chi connectivity index (χ0v) is 20.6. The fourth-order valence-corrected chi connectivity index (χ4v) is 5.17. The van der Waals surface area contributed by atoms with Crippen molar-refractivity contribution in [2.24, 2.45) is 0 Å². The molecule has 35 heavy (non-hydrogen) atoms. The first-order chi connectivity index (χ1) is 16.7. The number of nitrogens with zero attached hydrogens (tertiary/aromatic N) is 2. The molecule has 0 fully saturated rings. The van der Waals surface area contributed by atoms with Crippen LogP contribution in [0.4, 0.5) is 4.39 Å². The summed E-state index contributed by atoms with van der Waals surface area (Å²) in [6, 6.07) is 17.7. The van der Waals surface area contributed by atoms with E-state index in [0.29, 0.717) is 40.3 Å². The zero-order chi connectivity index (χ0) is 25.2. The quantitative estimate of drug-likeness (QED) is 0.348. The van der Waals surface area contributed by atoms with Gasteiger partial charge in [-0.05, 0) is 42.8 Å². The van der Waals surface area contributed by atoms with Crippen molar-refractivity contribution in [1.29, 1.82) is 0 Å². The molecule has 0 aliphatic heterocycles. The molecule has 1 aromatic heterocycles. The van der Waals surface area contributed by atoms with Gasteiger partial charge in [0.15, 0.2) is 11.5 Å². The molecule has 1 heterocycles. The number of methoxy groups -OCH3 is 1. The van der Waals surface area contributed by atoms with E-state index in [1.807, 2.05) is 6.92 Å². The maximum Gasteiger partial charge on any atom is 0.330 e. The number of sulfone groups is 1. The lowest BCUT2D eigenvalue weighted by molar-refractivity contribution is 0.310. The van der Waals surface area contributed by atoms with E-state index < -0.39 is 27.4 Å². The Morgan fingerprint density at radius 1 is 0.971 bits per heavy atom. The topological polar surface area (TPSA) is 79.5 Å². The summed E-state index contributed by atoms with van der Waals surface area (Å²) in [5.74, 6) is 0.232. The summed E-state index contributed by atoms with van der Waals surface area (Å²) >= 11 is 0. The highest BCUT2D eigenvalue weighted by atomic mass is 32.2. The molecule has 7 nitrogen and oxygen atoms in total. The lowest BCUT2D eigenvalue weighted by Crippen LogP contribution is -2.32. The van der Waals surface area contributed by atoms with E-state index in [2.05, 4.69) is 0 Å². The minimum Gasteiger partial charge on any atom is -0.493 e. The van der Waals surface area contributed by atoms with Crippen molar-refractivity contribution in [2.45, 2.75) is 19.5 Å². The fourth-order valence-electron chi connectivity index (χ4n) is 4.26. The number of benzene rings is 3. The van der Waals surface area contributed by atoms with E-state index in [9.17, 15) is 17.6 Å². The standard InChI is InChI=1S/C26H27FN2O5S/c1-4-34-25-15-18(13-14-24(25)33-2)23(17-35(3,31)32)29-22-12-8-7-11-21(22)28(26(29)30)16-19-9-5-6-10-20(19)27/h5-15,23H,4,16-17H2,1-3H3/t23-/m0/s1. The van der Waals surface area contributed by atoms with Crippen LogP contribution < -0.4 is 15.2 Å². The maximum atomic E-state index is 14.4. The van der Waals surface area contributed by atoms with Crippen molar-refractivity contribution < 1.29 is 22.3 Å². The number of aromatic nitrogens is 2. The van der Waals surface area contributed by atoms with Gasteiger partial charge in [0.1, 0.15) is 15.7 Å². The highest BCUT2D eigenvalue weighted by Crippen LogP contribution is 2.33. The number of rotatable bonds is 9. The molecular formula is C26H27FN2O5S. The second-order valence-corrected chi connectivity index (χ2v) is 10.5. The molecule has 0 spiro atoms. The van der Waals surface area contributed by atoms with E-state index in [4.69, 9.17) is 9.47 Å². The average Bonchev–Trinajstić information content (AvgIpc) is 3.10. The summed E-state index contributed by atoms with van der Waals surface area (Å²) in [5.41, 5.74) is 1.64. The monoisotopic (exact) mass is 498 g/mol. The van der Waals surface area contributed by atoms with E-state index in [-0.39, 0.29) is 12.3 Å². The SMILES string of the molecule is CCOc1cc([C@H](CS(C)(=O)=O)n2c(=O)n(Cc3ccccc3F)c3ccccc32)ccc1OC. The van der Waals surface area contributed by atoms with Crippen molar-refractivity contribution in [3.05, 3.63) is 94.2 Å². The highest BCUT2D eigenvalue weighted by molar-refractivity contribution is 7.90. The maximum absolute atomic E-state index is 14.4. The van der Waals surface area contributed by atoms with Gasteiger partial charge in [0.2, 0.25) is 0 Å². The van der Waals surface area contributed by atoms with Crippen molar-refractivity contribution in [3.63, 3.8) is 0 Å². The summed E-state index contributed by atoms with van der Waals surface area (Å²) in [6.07, 6.45) is 1.14. The Balaban J connectivity index is 1.95. The van der Waals surface area contributed by atoms with Gasteiger partial charge in [-0.3, -0.25) is 9.13 Å². The minimum absolute atomic E-state index is 0.0113. The molecule has 0 bridgehead atoms. The third kappa shape index (κ3) is 5.09. The molecular weight excluding hydrogens is 471 g/mol. The van der Waals surface area contributed by atoms with Gasteiger partial charge in [-0.1, -0.05) is 36.4 Å². The van der Waals surface area contributed by atoms with Crippen molar-refractivity contribution in [3.8, 4) is 11.5 Å². The molecule has 0 saturated carbocycles. The third-order valence-electron chi connectivity index (χ3n) is 5.80. The Hall–Kier alpha value is -3.59. The number of hydrogen-bond acceptors (Lipinski definition) is 5. The predicted molar refractivity (Wildman–Crippen MR) is 134 cm³/mol. The summed E-state index contributed by atoms with van der Waals surface area (Å²) in [7, 11) is -1.98. The van der Waals surface area contributed by atoms with Crippen LogP contribution in [0.1, 0.15) is 24.1 Å². The van der Waals surface area contributed by atoms with Crippen LogP contribution in [-0.4, -0.2) is 43.3 Å². The van der Waals surface area contributed by atoms with Crippen LogP contribution in [0.15, 0.2) is 71.5 Å². The van der Waals surface area contributed by atoms with Gasteiger partial charge in [0.25, 0.3) is 0 Å². The Kier molecular flexibility index (Phi) is 6.98. The molecule has 4 aromatic rings. The van der Waals surface area contributed by atoms with Crippen LogP contribution in [0.25, 0.3) is 11.0 Å². The normalized spacial score (nSPS) is 12.6. The van der Waals surface area contributed by atoms with Gasteiger partial charge < -0.3 is 9.47 Å². The molecule has 0 aliphatic rings. The Bertz CT molecular complexity index is 1520. The molecule has 0 amide bonds. The molecule has 3 aromatic carbocycles. The molecule has 0 aliphatic carbocycles. The summed E-state index contributed by atoms with van der Waals surface area (Å²) in [5, 5.41) is 0. The van der Waals surface area contributed by atoms with Crippen molar-refractivity contribution in [2.75, 3.05) is 25.7 Å². The molecule has 4 rings (SSSR count). The predicted octanol–water partition coefficient (Wildman–Crippen LogP) is 4.03. The van der Waals surface area contributed by atoms with Gasteiger partial charge in [0, 0.05) is 11.8 Å². The number of para-hydroxylation sites is 2.